The molecule has 75 valence electrons. The van der Waals surface area contributed by atoms with E-state index in [1.807, 2.05) is 0 Å². The van der Waals surface area contributed by atoms with Gasteiger partial charge in [-0.2, -0.15) is 0 Å². The van der Waals surface area contributed by atoms with Gasteiger partial charge in [0.25, 0.3) is 0 Å². The topological polar surface area (TPSA) is 9.23 Å². The van der Waals surface area contributed by atoms with Crippen molar-refractivity contribution in [3.05, 3.63) is 6.92 Å². The van der Waals surface area contributed by atoms with Gasteiger partial charge in [0.2, 0.25) is 0 Å². The van der Waals surface area contributed by atoms with Crippen LogP contribution in [0.2, 0.25) is 0 Å². The van der Waals surface area contributed by atoms with Gasteiger partial charge in [0.05, 0.1) is 0 Å². The lowest BCUT2D eigenvalue weighted by Gasteiger charge is -1.96. The third-order valence-corrected chi connectivity index (χ3v) is 1.90. The van der Waals surface area contributed by atoms with Gasteiger partial charge in [-0.25, -0.2) is 0 Å². The minimum atomic E-state index is 0.448. The number of hydrogen-bond acceptors (Lipinski definition) is 1. The number of unbranched alkanes of at least 4 members (excludes halogenated alkanes) is 6. The Bertz CT molecular complexity index is 141. The molecule has 1 nitrogen and oxygen atoms in total. The van der Waals surface area contributed by atoms with Crippen molar-refractivity contribution in [2.24, 2.45) is 0 Å². The summed E-state index contributed by atoms with van der Waals surface area (Å²) in [6.07, 6.45) is 11.5. The van der Waals surface area contributed by atoms with E-state index in [4.69, 9.17) is 4.74 Å². The molecule has 0 aromatic carbocycles. The first-order valence-corrected chi connectivity index (χ1v) is 5.30. The Morgan fingerprint density at radius 1 is 1.08 bits per heavy atom. The molecule has 0 spiro atoms. The van der Waals surface area contributed by atoms with Gasteiger partial charge < -0.3 is 4.74 Å². The zero-order valence-corrected chi connectivity index (χ0v) is 8.77. The summed E-state index contributed by atoms with van der Waals surface area (Å²) in [7, 11) is 0. The molecule has 1 radical (unpaired) electrons. The molecule has 0 bridgehead atoms. The first kappa shape index (κ1) is 12.4. The second-order valence-corrected chi connectivity index (χ2v) is 3.15. The predicted molar refractivity (Wildman–Crippen MR) is 57.1 cm³/mol. The van der Waals surface area contributed by atoms with Crippen LogP contribution < -0.4 is 0 Å². The van der Waals surface area contributed by atoms with Crippen LogP contribution in [0.5, 0.6) is 0 Å². The highest BCUT2D eigenvalue weighted by molar-refractivity contribution is 4.91. The van der Waals surface area contributed by atoms with E-state index in [9.17, 15) is 0 Å². The lowest BCUT2D eigenvalue weighted by atomic mass is 10.1. The molecule has 0 rings (SSSR count). The summed E-state index contributed by atoms with van der Waals surface area (Å²) in [5.41, 5.74) is 0. The maximum atomic E-state index is 4.81. The average Bonchev–Trinajstić information content (AvgIpc) is 2.16. The maximum absolute atomic E-state index is 4.81. The van der Waals surface area contributed by atoms with Crippen LogP contribution in [-0.2, 0) is 4.74 Å². The van der Waals surface area contributed by atoms with E-state index < -0.39 is 0 Å². The first-order valence-electron chi connectivity index (χ1n) is 5.30. The molecule has 0 amide bonds. The molecule has 0 aromatic rings. The largest absolute Gasteiger partial charge is 0.447 e. The van der Waals surface area contributed by atoms with E-state index in [-0.39, 0.29) is 0 Å². The van der Waals surface area contributed by atoms with Gasteiger partial charge in [-0.1, -0.05) is 44.9 Å². The van der Waals surface area contributed by atoms with Crippen LogP contribution in [0.25, 0.3) is 0 Å². The van der Waals surface area contributed by atoms with Crippen molar-refractivity contribution in [3.8, 4) is 12.0 Å². The molecule has 0 aliphatic heterocycles. The number of ether oxygens (including phenoxy) is 1. The lowest BCUT2D eigenvalue weighted by molar-refractivity contribution is 0.318. The molecule has 13 heavy (non-hydrogen) atoms. The van der Waals surface area contributed by atoms with E-state index in [0.29, 0.717) is 6.61 Å². The van der Waals surface area contributed by atoms with Crippen molar-refractivity contribution in [3.63, 3.8) is 0 Å². The molecule has 1 heteroatoms. The van der Waals surface area contributed by atoms with Gasteiger partial charge in [-0.15, -0.1) is 0 Å². The van der Waals surface area contributed by atoms with Crippen LogP contribution in [0.3, 0.4) is 0 Å². The van der Waals surface area contributed by atoms with Crippen molar-refractivity contribution in [1.82, 2.24) is 0 Å². The monoisotopic (exact) mass is 181 g/mol. The standard InChI is InChI=1S/C12H21O/c1-3-5-6-7-8-9-10-11-12-13-4-2/h2-10H2,1H3. The molecule has 0 aliphatic rings. The summed E-state index contributed by atoms with van der Waals surface area (Å²) in [6.45, 7) is 6.21. The van der Waals surface area contributed by atoms with Crippen molar-refractivity contribution in [2.75, 3.05) is 6.61 Å². The Morgan fingerprint density at radius 3 is 2.46 bits per heavy atom. The van der Waals surface area contributed by atoms with Crippen molar-refractivity contribution < 1.29 is 4.74 Å². The highest BCUT2D eigenvalue weighted by Gasteiger charge is 1.87. The SMILES string of the molecule is [CH2]COC#CCCCCCCCC. The smallest absolute Gasteiger partial charge is 0.110 e. The second-order valence-electron chi connectivity index (χ2n) is 3.15. The van der Waals surface area contributed by atoms with Gasteiger partial charge in [0.1, 0.15) is 12.7 Å². The molecular formula is C12H21O. The van der Waals surface area contributed by atoms with Crippen LogP contribution >= 0.6 is 0 Å². The summed E-state index contributed by atoms with van der Waals surface area (Å²) in [6, 6.07) is 0. The molecule has 0 atom stereocenters. The third kappa shape index (κ3) is 11.4. The van der Waals surface area contributed by atoms with Gasteiger partial charge in [-0.3, -0.25) is 0 Å². The molecule has 0 heterocycles. The summed E-state index contributed by atoms with van der Waals surface area (Å²) in [5.74, 6) is 2.96. The summed E-state index contributed by atoms with van der Waals surface area (Å²) in [4.78, 5) is 0. The molecule has 0 aromatic heterocycles. The quantitative estimate of drug-likeness (QED) is 0.431. The molecule has 0 saturated carbocycles. The second kappa shape index (κ2) is 11.4. The first-order chi connectivity index (χ1) is 6.41. The fourth-order valence-corrected chi connectivity index (χ4v) is 1.15. The zero-order valence-electron chi connectivity index (χ0n) is 8.77. The van der Waals surface area contributed by atoms with Crippen molar-refractivity contribution in [2.45, 2.75) is 51.9 Å². The van der Waals surface area contributed by atoms with E-state index >= 15 is 0 Å². The molecule has 0 N–H and O–H groups in total. The molecule has 0 saturated heterocycles. The normalized spacial score (nSPS) is 9.08. The predicted octanol–water partition coefficient (Wildman–Crippen LogP) is 3.55. The van der Waals surface area contributed by atoms with Gasteiger partial charge >= 0.3 is 0 Å². The van der Waals surface area contributed by atoms with Crippen LogP contribution in [-0.4, -0.2) is 6.61 Å². The maximum Gasteiger partial charge on any atom is 0.110 e. The fraction of sp³-hybridized carbons (Fsp3) is 0.750. The highest BCUT2D eigenvalue weighted by Crippen LogP contribution is 2.05. The molecule has 0 aliphatic carbocycles. The number of rotatable bonds is 7. The highest BCUT2D eigenvalue weighted by atomic mass is 16.5. The fourth-order valence-electron chi connectivity index (χ4n) is 1.15. The molecular weight excluding hydrogens is 160 g/mol. The Kier molecular flexibility index (Phi) is 10.8. The van der Waals surface area contributed by atoms with E-state index in [2.05, 4.69) is 25.9 Å². The summed E-state index contributed by atoms with van der Waals surface area (Å²) >= 11 is 0. The molecule has 0 fully saturated rings. The Hall–Kier alpha value is -0.640. The van der Waals surface area contributed by atoms with E-state index in [1.165, 1.54) is 38.5 Å². The van der Waals surface area contributed by atoms with Crippen LogP contribution in [0, 0.1) is 19.0 Å². The average molecular weight is 181 g/mol. The Balaban J connectivity index is 2.96. The van der Waals surface area contributed by atoms with Crippen LogP contribution in [0.1, 0.15) is 51.9 Å². The van der Waals surface area contributed by atoms with Crippen molar-refractivity contribution >= 4 is 0 Å². The minimum absolute atomic E-state index is 0.448. The zero-order chi connectivity index (χ0) is 9.78. The van der Waals surface area contributed by atoms with Crippen LogP contribution in [0.4, 0.5) is 0 Å². The lowest BCUT2D eigenvalue weighted by Crippen LogP contribution is -1.79. The molecule has 0 unspecified atom stereocenters. The minimum Gasteiger partial charge on any atom is -0.447 e. The van der Waals surface area contributed by atoms with E-state index in [1.54, 1.807) is 0 Å². The Morgan fingerprint density at radius 2 is 1.77 bits per heavy atom. The van der Waals surface area contributed by atoms with Gasteiger partial charge in [0.15, 0.2) is 0 Å². The van der Waals surface area contributed by atoms with Crippen LogP contribution in [0.15, 0.2) is 0 Å². The van der Waals surface area contributed by atoms with Gasteiger partial charge in [-0.05, 0) is 13.3 Å². The van der Waals surface area contributed by atoms with Gasteiger partial charge in [0, 0.05) is 6.42 Å². The van der Waals surface area contributed by atoms with Crippen molar-refractivity contribution in [1.29, 1.82) is 0 Å². The number of hydrogen-bond donors (Lipinski definition) is 0. The summed E-state index contributed by atoms with van der Waals surface area (Å²) in [5, 5.41) is 0. The third-order valence-electron chi connectivity index (χ3n) is 1.90. The Labute approximate surface area is 82.9 Å². The summed E-state index contributed by atoms with van der Waals surface area (Å²) < 4.78 is 4.81. The van der Waals surface area contributed by atoms with E-state index in [0.717, 1.165) is 6.42 Å².